The Hall–Kier alpha value is -3.17. The molecule has 0 radical (unpaired) electrons. The predicted octanol–water partition coefficient (Wildman–Crippen LogP) is 2.58. The topological polar surface area (TPSA) is 120 Å². The molecule has 2 saturated carbocycles. The average Bonchev–Trinajstić information content (AvgIpc) is 3.41. The fraction of sp³-hybridized carbons (Fsp3) is 0.583. The molecule has 4 unspecified atom stereocenters. The number of carbonyl (C=O) groups excluding carboxylic acids is 4. The second kappa shape index (κ2) is 9.60. The molecule has 2 amide bonds. The molecule has 2 N–H and O–H groups in total. The Kier molecular flexibility index (Phi) is 7.18. The van der Waals surface area contributed by atoms with Gasteiger partial charge in [0, 0.05) is 18.4 Å². The van der Waals surface area contributed by atoms with Gasteiger partial charge in [0.2, 0.25) is 0 Å². The standard InChI is InChI=1S/C24H31FN2O7/c1-6-32-20(29)17-16-15(26-19(28)13-10-8-9-11-14(13)25)12-24(18(16)17,21(30)33-7-2)27-22(31)34-23(3,4)5/h8-11,15-18H,6-7,12H2,1-5H3,(H,26,28)(H,27,31)/t15?,16?,17-,18?,24?/m0/s1. The lowest BCUT2D eigenvalue weighted by atomic mass is 9.88. The van der Waals surface area contributed by atoms with E-state index in [1.807, 2.05) is 0 Å². The third-order valence-corrected chi connectivity index (χ3v) is 6.01. The predicted molar refractivity (Wildman–Crippen MR) is 118 cm³/mol. The second-order valence-electron chi connectivity index (χ2n) is 9.46. The molecular weight excluding hydrogens is 447 g/mol. The van der Waals surface area contributed by atoms with Crippen LogP contribution in [0.5, 0.6) is 0 Å². The zero-order valence-corrected chi connectivity index (χ0v) is 20.0. The van der Waals surface area contributed by atoms with Crippen LogP contribution in [0.3, 0.4) is 0 Å². The third-order valence-electron chi connectivity index (χ3n) is 6.01. The van der Waals surface area contributed by atoms with Crippen LogP contribution in [0.2, 0.25) is 0 Å². The minimum Gasteiger partial charge on any atom is -0.466 e. The molecule has 2 aliphatic rings. The highest BCUT2D eigenvalue weighted by Gasteiger charge is 2.76. The summed E-state index contributed by atoms with van der Waals surface area (Å²) in [5, 5.41) is 5.38. The third kappa shape index (κ3) is 5.00. The van der Waals surface area contributed by atoms with Crippen LogP contribution in [0.25, 0.3) is 0 Å². The summed E-state index contributed by atoms with van der Waals surface area (Å²) in [6.45, 7) is 8.49. The number of ether oxygens (including phenoxy) is 3. The van der Waals surface area contributed by atoms with Crippen molar-refractivity contribution in [3.63, 3.8) is 0 Å². The average molecular weight is 479 g/mol. The highest BCUT2D eigenvalue weighted by molar-refractivity contribution is 5.96. The molecular formula is C24H31FN2O7. The van der Waals surface area contributed by atoms with Gasteiger partial charge in [-0.1, -0.05) is 12.1 Å². The Morgan fingerprint density at radius 3 is 2.32 bits per heavy atom. The highest BCUT2D eigenvalue weighted by atomic mass is 19.1. The van der Waals surface area contributed by atoms with Crippen LogP contribution in [0.4, 0.5) is 9.18 Å². The molecule has 0 heterocycles. The van der Waals surface area contributed by atoms with E-state index in [0.29, 0.717) is 0 Å². The molecule has 34 heavy (non-hydrogen) atoms. The van der Waals surface area contributed by atoms with Gasteiger partial charge in [-0.3, -0.25) is 9.59 Å². The van der Waals surface area contributed by atoms with Crippen LogP contribution in [-0.2, 0) is 23.8 Å². The Morgan fingerprint density at radius 1 is 1.09 bits per heavy atom. The maximum absolute atomic E-state index is 14.2. The van der Waals surface area contributed by atoms with Gasteiger partial charge in [-0.15, -0.1) is 0 Å². The first-order chi connectivity index (χ1) is 15.9. The van der Waals surface area contributed by atoms with Gasteiger partial charge in [0.15, 0.2) is 0 Å². The van der Waals surface area contributed by atoms with E-state index in [9.17, 15) is 23.6 Å². The van der Waals surface area contributed by atoms with Crippen LogP contribution >= 0.6 is 0 Å². The smallest absolute Gasteiger partial charge is 0.408 e. The lowest BCUT2D eigenvalue weighted by Crippen LogP contribution is -2.59. The fourth-order valence-corrected chi connectivity index (χ4v) is 4.82. The Bertz CT molecular complexity index is 976. The van der Waals surface area contributed by atoms with Gasteiger partial charge in [-0.25, -0.2) is 14.0 Å². The van der Waals surface area contributed by atoms with Gasteiger partial charge in [0.05, 0.1) is 24.7 Å². The first kappa shape index (κ1) is 25.5. The van der Waals surface area contributed by atoms with E-state index in [-0.39, 0.29) is 25.2 Å². The van der Waals surface area contributed by atoms with Crippen molar-refractivity contribution >= 4 is 23.9 Å². The van der Waals surface area contributed by atoms with Crippen LogP contribution < -0.4 is 10.6 Å². The first-order valence-corrected chi connectivity index (χ1v) is 11.4. The van der Waals surface area contributed by atoms with Gasteiger partial charge in [-0.05, 0) is 52.7 Å². The van der Waals surface area contributed by atoms with Gasteiger partial charge in [0.1, 0.15) is 17.0 Å². The summed E-state index contributed by atoms with van der Waals surface area (Å²) in [6.07, 6.45) is -0.897. The summed E-state index contributed by atoms with van der Waals surface area (Å²) < 4.78 is 29.9. The SMILES string of the molecule is CCOC(=O)[C@H]1C2C(NC(=O)c3ccccc3F)CC(NC(=O)OC(C)(C)C)(C(=O)OCC)C21. The Labute approximate surface area is 197 Å². The number of rotatable bonds is 7. The van der Waals surface area contributed by atoms with Crippen LogP contribution in [-0.4, -0.2) is 54.3 Å². The van der Waals surface area contributed by atoms with E-state index in [0.717, 1.165) is 6.07 Å². The van der Waals surface area contributed by atoms with Crippen molar-refractivity contribution in [1.29, 1.82) is 0 Å². The molecule has 2 aliphatic carbocycles. The molecule has 10 heteroatoms. The molecule has 0 aromatic heterocycles. The van der Waals surface area contributed by atoms with Crippen LogP contribution in [0.1, 0.15) is 51.4 Å². The molecule has 186 valence electrons. The lowest BCUT2D eigenvalue weighted by Gasteiger charge is -2.33. The molecule has 0 aliphatic heterocycles. The van der Waals surface area contributed by atoms with Crippen LogP contribution in [0, 0.1) is 23.6 Å². The van der Waals surface area contributed by atoms with Crippen molar-refractivity contribution in [2.75, 3.05) is 13.2 Å². The number of esters is 2. The van der Waals surface area contributed by atoms with Gasteiger partial charge in [0.25, 0.3) is 5.91 Å². The zero-order valence-electron chi connectivity index (χ0n) is 20.0. The quantitative estimate of drug-likeness (QED) is 0.457. The van der Waals surface area contributed by atoms with E-state index in [1.54, 1.807) is 34.6 Å². The maximum atomic E-state index is 14.2. The van der Waals surface area contributed by atoms with Crippen molar-refractivity contribution in [1.82, 2.24) is 10.6 Å². The number of hydrogen-bond donors (Lipinski definition) is 2. The van der Waals surface area contributed by atoms with Crippen molar-refractivity contribution in [3.8, 4) is 0 Å². The Balaban J connectivity index is 1.94. The Morgan fingerprint density at radius 2 is 1.74 bits per heavy atom. The molecule has 0 saturated heterocycles. The van der Waals surface area contributed by atoms with Gasteiger partial charge >= 0.3 is 18.0 Å². The van der Waals surface area contributed by atoms with E-state index in [4.69, 9.17) is 14.2 Å². The largest absolute Gasteiger partial charge is 0.466 e. The van der Waals surface area contributed by atoms with Crippen molar-refractivity contribution < 1.29 is 37.8 Å². The lowest BCUT2D eigenvalue weighted by molar-refractivity contribution is -0.153. The van der Waals surface area contributed by atoms with Gasteiger partial charge < -0.3 is 24.8 Å². The summed E-state index contributed by atoms with van der Waals surface area (Å²) in [7, 11) is 0. The summed E-state index contributed by atoms with van der Waals surface area (Å²) in [5.74, 6) is -4.59. The number of carbonyl (C=O) groups is 4. The van der Waals surface area contributed by atoms with Crippen molar-refractivity contribution in [3.05, 3.63) is 35.6 Å². The van der Waals surface area contributed by atoms with Gasteiger partial charge in [-0.2, -0.15) is 0 Å². The van der Waals surface area contributed by atoms with E-state index in [2.05, 4.69) is 10.6 Å². The molecule has 1 aromatic rings. The normalized spacial score (nSPS) is 27.2. The van der Waals surface area contributed by atoms with E-state index in [1.165, 1.54) is 18.2 Å². The molecule has 0 bridgehead atoms. The number of benzene rings is 1. The number of fused-ring (bicyclic) bond motifs is 1. The summed E-state index contributed by atoms with van der Waals surface area (Å²) in [4.78, 5) is 51.3. The number of alkyl carbamates (subject to hydrolysis) is 1. The highest BCUT2D eigenvalue weighted by Crippen LogP contribution is 2.63. The summed E-state index contributed by atoms with van der Waals surface area (Å²) >= 11 is 0. The van der Waals surface area contributed by atoms with Crippen molar-refractivity contribution in [2.45, 2.75) is 58.2 Å². The monoisotopic (exact) mass is 478 g/mol. The number of hydrogen-bond acceptors (Lipinski definition) is 7. The molecule has 2 fully saturated rings. The first-order valence-electron chi connectivity index (χ1n) is 11.4. The molecule has 3 rings (SSSR count). The summed E-state index contributed by atoms with van der Waals surface area (Å²) in [5.41, 5.74) is -2.62. The maximum Gasteiger partial charge on any atom is 0.408 e. The zero-order chi connectivity index (χ0) is 25.3. The number of amides is 2. The molecule has 0 spiro atoms. The summed E-state index contributed by atoms with van der Waals surface area (Å²) in [6, 6.07) is 4.78. The fourth-order valence-electron chi connectivity index (χ4n) is 4.82. The number of nitrogens with one attached hydrogen (secondary N) is 2. The minimum atomic E-state index is -1.62. The molecule has 5 atom stereocenters. The number of halogens is 1. The molecule has 9 nitrogen and oxygen atoms in total. The van der Waals surface area contributed by atoms with E-state index < -0.39 is 64.7 Å². The van der Waals surface area contributed by atoms with Crippen LogP contribution in [0.15, 0.2) is 24.3 Å². The molecule has 1 aromatic carbocycles. The second-order valence-corrected chi connectivity index (χ2v) is 9.46. The van der Waals surface area contributed by atoms with Crippen molar-refractivity contribution in [2.24, 2.45) is 17.8 Å². The minimum absolute atomic E-state index is 0.0451. The van der Waals surface area contributed by atoms with E-state index >= 15 is 0 Å².